The molecule has 92 valence electrons. The Balaban J connectivity index is 2.34. The molecule has 0 atom stereocenters. The van der Waals surface area contributed by atoms with Crippen LogP contribution in [0, 0.1) is 0 Å². The lowest BCUT2D eigenvalue weighted by Gasteiger charge is -2.10. The van der Waals surface area contributed by atoms with Crippen LogP contribution in [0.2, 0.25) is 10.0 Å². The van der Waals surface area contributed by atoms with Crippen molar-refractivity contribution in [3.05, 3.63) is 52.1 Å². The monoisotopic (exact) mass is 297 g/mol. The summed E-state index contributed by atoms with van der Waals surface area (Å²) in [7, 11) is 0. The highest BCUT2D eigenvalue weighted by atomic mass is 35.5. The van der Waals surface area contributed by atoms with E-state index in [4.69, 9.17) is 41.2 Å². The Bertz CT molecular complexity index is 602. The summed E-state index contributed by atoms with van der Waals surface area (Å²) in [5.41, 5.74) is 7.07. The number of pyridine rings is 1. The standard InChI is InChI=1S/C12H9Cl2N3S/c13-9-4-3-7(6-10(9)14)17-12-8(11(15)18)2-1-5-16-12/h1-6H,(H2,15,18)(H,16,17). The number of hydrogen-bond donors (Lipinski definition) is 2. The van der Waals surface area contributed by atoms with Crippen LogP contribution in [0.4, 0.5) is 11.5 Å². The Kier molecular flexibility index (Phi) is 4.01. The molecule has 18 heavy (non-hydrogen) atoms. The van der Waals surface area contributed by atoms with Crippen molar-refractivity contribution in [2.75, 3.05) is 5.32 Å². The van der Waals surface area contributed by atoms with Gasteiger partial charge in [0.2, 0.25) is 0 Å². The highest BCUT2D eigenvalue weighted by Gasteiger charge is 2.07. The fraction of sp³-hybridized carbons (Fsp3) is 0. The van der Waals surface area contributed by atoms with Gasteiger partial charge in [-0.25, -0.2) is 4.98 Å². The van der Waals surface area contributed by atoms with Crippen molar-refractivity contribution >= 4 is 51.9 Å². The van der Waals surface area contributed by atoms with Crippen molar-refractivity contribution in [2.24, 2.45) is 5.73 Å². The molecule has 0 unspecified atom stereocenters. The van der Waals surface area contributed by atoms with E-state index in [1.54, 1.807) is 36.5 Å². The first kappa shape index (κ1) is 13.1. The summed E-state index contributed by atoms with van der Waals surface area (Å²) in [6, 6.07) is 8.79. The van der Waals surface area contributed by atoms with Gasteiger partial charge in [0.15, 0.2) is 0 Å². The lowest BCUT2D eigenvalue weighted by molar-refractivity contribution is 1.30. The Morgan fingerprint density at radius 2 is 2.00 bits per heavy atom. The molecule has 0 radical (unpaired) electrons. The molecule has 3 nitrogen and oxygen atoms in total. The smallest absolute Gasteiger partial charge is 0.140 e. The van der Waals surface area contributed by atoms with Crippen molar-refractivity contribution in [3.8, 4) is 0 Å². The third-order valence-electron chi connectivity index (χ3n) is 2.26. The molecule has 2 aromatic rings. The lowest BCUT2D eigenvalue weighted by Crippen LogP contribution is -2.12. The Labute approximate surface area is 120 Å². The minimum absolute atomic E-state index is 0.283. The second kappa shape index (κ2) is 5.52. The van der Waals surface area contributed by atoms with Crippen molar-refractivity contribution in [1.82, 2.24) is 4.98 Å². The molecule has 0 saturated carbocycles. The fourth-order valence-corrected chi connectivity index (χ4v) is 1.88. The maximum absolute atomic E-state index is 5.94. The van der Waals surface area contributed by atoms with Crippen molar-refractivity contribution in [2.45, 2.75) is 0 Å². The predicted molar refractivity (Wildman–Crippen MR) is 79.9 cm³/mol. The van der Waals surface area contributed by atoms with Gasteiger partial charge < -0.3 is 11.1 Å². The molecule has 0 aliphatic carbocycles. The molecule has 0 aliphatic rings. The number of benzene rings is 1. The van der Waals surface area contributed by atoms with Crippen LogP contribution in [0.1, 0.15) is 5.56 Å². The first-order valence-electron chi connectivity index (χ1n) is 5.05. The Hall–Kier alpha value is -1.36. The summed E-state index contributed by atoms with van der Waals surface area (Å²) in [5, 5.41) is 4.07. The average molecular weight is 298 g/mol. The number of rotatable bonds is 3. The number of nitrogens with one attached hydrogen (secondary N) is 1. The predicted octanol–water partition coefficient (Wildman–Crippen LogP) is 3.77. The van der Waals surface area contributed by atoms with Crippen LogP contribution in [0.15, 0.2) is 36.5 Å². The van der Waals surface area contributed by atoms with Crippen LogP contribution in [-0.2, 0) is 0 Å². The fourth-order valence-electron chi connectivity index (χ4n) is 1.41. The van der Waals surface area contributed by atoms with Gasteiger partial charge in [0, 0.05) is 11.9 Å². The minimum Gasteiger partial charge on any atom is -0.389 e. The number of thiocarbonyl (C=S) groups is 1. The van der Waals surface area contributed by atoms with E-state index in [1.165, 1.54) is 0 Å². The SMILES string of the molecule is NC(=S)c1cccnc1Nc1ccc(Cl)c(Cl)c1. The van der Waals surface area contributed by atoms with Crippen LogP contribution in [-0.4, -0.2) is 9.97 Å². The highest BCUT2D eigenvalue weighted by Crippen LogP contribution is 2.27. The van der Waals surface area contributed by atoms with Gasteiger partial charge >= 0.3 is 0 Å². The van der Waals surface area contributed by atoms with Crippen molar-refractivity contribution < 1.29 is 0 Å². The average Bonchev–Trinajstić information content (AvgIpc) is 2.34. The first-order chi connectivity index (χ1) is 8.58. The van der Waals surface area contributed by atoms with Gasteiger partial charge in [-0.15, -0.1) is 0 Å². The summed E-state index contributed by atoms with van der Waals surface area (Å²) < 4.78 is 0. The third-order valence-corrected chi connectivity index (χ3v) is 3.21. The number of nitrogens with two attached hydrogens (primary N) is 1. The Morgan fingerprint density at radius 3 is 2.67 bits per heavy atom. The molecule has 0 saturated heterocycles. The van der Waals surface area contributed by atoms with Crippen molar-refractivity contribution in [1.29, 1.82) is 0 Å². The van der Waals surface area contributed by atoms with Crippen LogP contribution in [0.3, 0.4) is 0 Å². The molecule has 0 bridgehead atoms. The minimum atomic E-state index is 0.283. The summed E-state index contributed by atoms with van der Waals surface area (Å²) in [5.74, 6) is 0.586. The second-order valence-electron chi connectivity index (χ2n) is 3.52. The summed E-state index contributed by atoms with van der Waals surface area (Å²) in [6.07, 6.45) is 1.65. The zero-order chi connectivity index (χ0) is 13.1. The van der Waals surface area contributed by atoms with Gasteiger partial charge in [-0.2, -0.15) is 0 Å². The Morgan fingerprint density at radius 1 is 1.22 bits per heavy atom. The number of hydrogen-bond acceptors (Lipinski definition) is 3. The second-order valence-corrected chi connectivity index (χ2v) is 4.77. The van der Waals surface area contributed by atoms with E-state index in [-0.39, 0.29) is 4.99 Å². The lowest BCUT2D eigenvalue weighted by atomic mass is 10.2. The summed E-state index contributed by atoms with van der Waals surface area (Å²) in [6.45, 7) is 0. The van der Waals surface area contributed by atoms with E-state index in [9.17, 15) is 0 Å². The molecule has 0 fully saturated rings. The van der Waals surface area contributed by atoms with Crippen LogP contribution >= 0.6 is 35.4 Å². The maximum Gasteiger partial charge on any atom is 0.140 e. The van der Waals surface area contributed by atoms with E-state index in [0.717, 1.165) is 5.69 Å². The summed E-state index contributed by atoms with van der Waals surface area (Å²) in [4.78, 5) is 4.48. The third kappa shape index (κ3) is 2.90. The van der Waals surface area contributed by atoms with Gasteiger partial charge in [0.25, 0.3) is 0 Å². The van der Waals surface area contributed by atoms with E-state index in [1.807, 2.05) is 0 Å². The van der Waals surface area contributed by atoms with Crippen LogP contribution in [0.25, 0.3) is 0 Å². The van der Waals surface area contributed by atoms with Crippen LogP contribution in [0.5, 0.6) is 0 Å². The number of halogens is 2. The molecule has 6 heteroatoms. The molecule has 1 aromatic heterocycles. The van der Waals surface area contributed by atoms with E-state index in [0.29, 0.717) is 21.4 Å². The largest absolute Gasteiger partial charge is 0.389 e. The maximum atomic E-state index is 5.94. The molecule has 0 amide bonds. The topological polar surface area (TPSA) is 50.9 Å². The van der Waals surface area contributed by atoms with Crippen LogP contribution < -0.4 is 11.1 Å². The van der Waals surface area contributed by atoms with E-state index in [2.05, 4.69) is 10.3 Å². The van der Waals surface area contributed by atoms with Gasteiger partial charge in [0.1, 0.15) is 10.8 Å². The van der Waals surface area contributed by atoms with Gasteiger partial charge in [-0.3, -0.25) is 0 Å². The zero-order valence-electron chi connectivity index (χ0n) is 9.15. The highest BCUT2D eigenvalue weighted by molar-refractivity contribution is 7.80. The first-order valence-corrected chi connectivity index (χ1v) is 6.21. The van der Waals surface area contributed by atoms with Gasteiger partial charge in [0.05, 0.1) is 15.6 Å². The van der Waals surface area contributed by atoms with E-state index < -0.39 is 0 Å². The number of anilines is 2. The normalized spacial score (nSPS) is 10.1. The molecular formula is C12H9Cl2N3S. The zero-order valence-corrected chi connectivity index (χ0v) is 11.5. The van der Waals surface area contributed by atoms with Gasteiger partial charge in [-0.1, -0.05) is 35.4 Å². The number of nitrogens with zero attached hydrogens (tertiary/aromatic N) is 1. The van der Waals surface area contributed by atoms with Gasteiger partial charge in [-0.05, 0) is 30.3 Å². The quantitative estimate of drug-likeness (QED) is 0.847. The molecule has 0 aliphatic heterocycles. The molecule has 0 spiro atoms. The molecule has 3 N–H and O–H groups in total. The number of aromatic nitrogens is 1. The van der Waals surface area contributed by atoms with Crippen molar-refractivity contribution in [3.63, 3.8) is 0 Å². The molecule has 1 aromatic carbocycles. The van der Waals surface area contributed by atoms with E-state index >= 15 is 0 Å². The summed E-state index contributed by atoms with van der Waals surface area (Å²) >= 11 is 16.8. The molecule has 1 heterocycles. The molecular weight excluding hydrogens is 289 g/mol. The molecule has 2 rings (SSSR count).